The minimum Gasteiger partial charge on any atom is -0.223 e. The molecule has 0 bridgehead atoms. The van der Waals surface area contributed by atoms with Gasteiger partial charge in [-0.2, -0.15) is 0 Å². The number of hydrogen-bond acceptors (Lipinski definition) is 3. The lowest BCUT2D eigenvalue weighted by Crippen LogP contribution is -1.91. The van der Waals surface area contributed by atoms with Crippen LogP contribution in [0.5, 0.6) is 0 Å². The van der Waals surface area contributed by atoms with Gasteiger partial charge >= 0.3 is 0 Å². The maximum Gasteiger partial charge on any atom is 0.184 e. The molecule has 0 unspecified atom stereocenters. The van der Waals surface area contributed by atoms with Crippen molar-refractivity contribution in [3.8, 4) is 0 Å². The van der Waals surface area contributed by atoms with E-state index in [0.717, 1.165) is 4.88 Å². The largest absolute Gasteiger partial charge is 0.223 e. The van der Waals surface area contributed by atoms with E-state index < -0.39 is 9.84 Å². The molecule has 0 atom stereocenters. The van der Waals surface area contributed by atoms with Crippen LogP contribution in [-0.4, -0.2) is 14.7 Å². The highest BCUT2D eigenvalue weighted by Gasteiger charge is 2.07. The summed E-state index contributed by atoms with van der Waals surface area (Å²) < 4.78 is 22.2. The molecule has 1 aromatic rings. The van der Waals surface area contributed by atoms with E-state index in [-0.39, 0.29) is 0 Å². The standard InChI is InChI=1S/C6H8O2S2.C2H6/c1-5-3-4-6(9-5)10(2,7)8;1-2/h3-4H,1-2H3;1-2H3. The lowest BCUT2D eigenvalue weighted by atomic mass is 10.5. The van der Waals surface area contributed by atoms with Gasteiger partial charge in [0.05, 0.1) is 0 Å². The molecule has 0 spiro atoms. The molecule has 1 heterocycles. The average molecular weight is 206 g/mol. The summed E-state index contributed by atoms with van der Waals surface area (Å²) in [6.07, 6.45) is 1.22. The van der Waals surface area contributed by atoms with E-state index in [0.29, 0.717) is 4.21 Å². The first-order valence-electron chi connectivity index (χ1n) is 3.76. The molecule has 0 aromatic carbocycles. The fourth-order valence-corrected chi connectivity index (χ4v) is 2.52. The normalized spacial score (nSPS) is 10.3. The molecule has 1 aromatic heterocycles. The van der Waals surface area contributed by atoms with Crippen LogP contribution in [0.2, 0.25) is 0 Å². The molecule has 0 aliphatic rings. The number of thiophene rings is 1. The van der Waals surface area contributed by atoms with Crippen LogP contribution in [0.15, 0.2) is 16.3 Å². The highest BCUT2D eigenvalue weighted by atomic mass is 32.2. The Morgan fingerprint density at radius 3 is 1.92 bits per heavy atom. The molecule has 0 aliphatic carbocycles. The topological polar surface area (TPSA) is 34.1 Å². The monoisotopic (exact) mass is 206 g/mol. The third-order valence-corrected chi connectivity index (χ3v) is 3.90. The highest BCUT2D eigenvalue weighted by Crippen LogP contribution is 2.19. The van der Waals surface area contributed by atoms with E-state index in [1.165, 1.54) is 17.6 Å². The summed E-state index contributed by atoms with van der Waals surface area (Å²) in [6, 6.07) is 3.44. The molecule has 70 valence electrons. The third-order valence-electron chi connectivity index (χ3n) is 1.08. The number of aryl methyl sites for hydroxylation is 1. The Bertz CT molecular complexity index is 323. The zero-order chi connectivity index (χ0) is 9.78. The van der Waals surface area contributed by atoms with Gasteiger partial charge in [-0.3, -0.25) is 0 Å². The van der Waals surface area contributed by atoms with Gasteiger partial charge in [0.1, 0.15) is 4.21 Å². The Hall–Kier alpha value is -0.350. The Kier molecular flexibility index (Phi) is 4.49. The van der Waals surface area contributed by atoms with Crippen LogP contribution < -0.4 is 0 Å². The van der Waals surface area contributed by atoms with Crippen LogP contribution in [0.1, 0.15) is 18.7 Å². The summed E-state index contributed by atoms with van der Waals surface area (Å²) in [5.41, 5.74) is 0. The first kappa shape index (κ1) is 11.6. The maximum atomic E-state index is 10.9. The van der Waals surface area contributed by atoms with Crippen molar-refractivity contribution in [3.05, 3.63) is 17.0 Å². The lowest BCUT2D eigenvalue weighted by molar-refractivity contribution is 0.604. The van der Waals surface area contributed by atoms with E-state index >= 15 is 0 Å². The second kappa shape index (κ2) is 4.62. The van der Waals surface area contributed by atoms with Gasteiger partial charge in [0.2, 0.25) is 0 Å². The molecule has 2 nitrogen and oxygen atoms in total. The Morgan fingerprint density at radius 2 is 1.75 bits per heavy atom. The van der Waals surface area contributed by atoms with Crippen molar-refractivity contribution >= 4 is 21.2 Å². The van der Waals surface area contributed by atoms with Crippen LogP contribution in [-0.2, 0) is 9.84 Å². The van der Waals surface area contributed by atoms with E-state index in [2.05, 4.69) is 0 Å². The minimum atomic E-state index is -2.96. The van der Waals surface area contributed by atoms with Gasteiger partial charge in [-0.15, -0.1) is 11.3 Å². The summed E-state index contributed by atoms with van der Waals surface area (Å²) in [7, 11) is -2.96. The second-order valence-electron chi connectivity index (χ2n) is 2.14. The van der Waals surface area contributed by atoms with Crippen molar-refractivity contribution in [1.29, 1.82) is 0 Å². The average Bonchev–Trinajstić information content (AvgIpc) is 2.39. The van der Waals surface area contributed by atoms with Gasteiger partial charge < -0.3 is 0 Å². The van der Waals surface area contributed by atoms with Crippen molar-refractivity contribution in [3.63, 3.8) is 0 Å². The molecular weight excluding hydrogens is 192 g/mol. The highest BCUT2D eigenvalue weighted by molar-refractivity contribution is 7.92. The van der Waals surface area contributed by atoms with Crippen LogP contribution in [0.4, 0.5) is 0 Å². The van der Waals surface area contributed by atoms with Crippen LogP contribution in [0, 0.1) is 6.92 Å². The molecule has 0 saturated heterocycles. The van der Waals surface area contributed by atoms with Crippen molar-refractivity contribution in [2.45, 2.75) is 25.0 Å². The SMILES string of the molecule is CC.Cc1ccc(S(C)(=O)=O)s1. The van der Waals surface area contributed by atoms with Gasteiger partial charge in [-0.1, -0.05) is 13.8 Å². The molecule has 0 saturated carbocycles. The van der Waals surface area contributed by atoms with E-state index in [1.54, 1.807) is 12.1 Å². The minimum absolute atomic E-state index is 0.449. The molecule has 1 rings (SSSR count). The summed E-state index contributed by atoms with van der Waals surface area (Å²) >= 11 is 1.31. The van der Waals surface area contributed by atoms with Crippen molar-refractivity contribution in [2.24, 2.45) is 0 Å². The molecule has 0 radical (unpaired) electrons. The number of rotatable bonds is 1. The third kappa shape index (κ3) is 3.36. The van der Waals surface area contributed by atoms with Crippen molar-refractivity contribution < 1.29 is 8.42 Å². The van der Waals surface area contributed by atoms with E-state index in [1.807, 2.05) is 20.8 Å². The molecule has 0 aliphatic heterocycles. The lowest BCUT2D eigenvalue weighted by Gasteiger charge is -1.87. The Morgan fingerprint density at radius 1 is 1.25 bits per heavy atom. The second-order valence-corrected chi connectivity index (χ2v) is 5.67. The summed E-state index contributed by atoms with van der Waals surface area (Å²) in [6.45, 7) is 5.89. The van der Waals surface area contributed by atoms with Crippen LogP contribution in [0.3, 0.4) is 0 Å². The Labute approximate surface area is 78.2 Å². The van der Waals surface area contributed by atoms with Gasteiger partial charge in [-0.25, -0.2) is 8.42 Å². The van der Waals surface area contributed by atoms with E-state index in [9.17, 15) is 8.42 Å². The van der Waals surface area contributed by atoms with Crippen molar-refractivity contribution in [1.82, 2.24) is 0 Å². The van der Waals surface area contributed by atoms with Crippen LogP contribution >= 0.6 is 11.3 Å². The van der Waals surface area contributed by atoms with E-state index in [4.69, 9.17) is 0 Å². The molecular formula is C8H14O2S2. The predicted octanol–water partition coefficient (Wildman–Crippen LogP) is 2.49. The zero-order valence-electron chi connectivity index (χ0n) is 7.79. The van der Waals surface area contributed by atoms with Gasteiger partial charge in [0.15, 0.2) is 9.84 Å². The van der Waals surface area contributed by atoms with Gasteiger partial charge in [0.25, 0.3) is 0 Å². The molecule has 0 N–H and O–H groups in total. The number of sulfone groups is 1. The fourth-order valence-electron chi connectivity index (χ4n) is 0.611. The molecule has 4 heteroatoms. The quantitative estimate of drug-likeness (QED) is 0.707. The van der Waals surface area contributed by atoms with Gasteiger partial charge in [0, 0.05) is 11.1 Å². The molecule has 12 heavy (non-hydrogen) atoms. The predicted molar refractivity (Wildman–Crippen MR) is 53.5 cm³/mol. The zero-order valence-corrected chi connectivity index (χ0v) is 9.42. The van der Waals surface area contributed by atoms with Crippen molar-refractivity contribution in [2.75, 3.05) is 6.26 Å². The van der Waals surface area contributed by atoms with Gasteiger partial charge in [-0.05, 0) is 19.1 Å². The summed E-state index contributed by atoms with van der Waals surface area (Å²) in [5, 5.41) is 0. The summed E-state index contributed by atoms with van der Waals surface area (Å²) in [5.74, 6) is 0. The molecule has 0 fully saturated rings. The first-order valence-corrected chi connectivity index (χ1v) is 6.47. The number of hydrogen-bond donors (Lipinski definition) is 0. The Balaban J connectivity index is 0.000000561. The fraction of sp³-hybridized carbons (Fsp3) is 0.500. The first-order chi connectivity index (χ1) is 5.50. The molecule has 0 amide bonds. The van der Waals surface area contributed by atoms with Crippen LogP contribution in [0.25, 0.3) is 0 Å². The smallest absolute Gasteiger partial charge is 0.184 e. The maximum absolute atomic E-state index is 10.9. The summed E-state index contributed by atoms with van der Waals surface area (Å²) in [4.78, 5) is 1.03.